The van der Waals surface area contributed by atoms with Crippen molar-refractivity contribution < 1.29 is 4.42 Å². The molecule has 0 aliphatic carbocycles. The van der Waals surface area contributed by atoms with Crippen LogP contribution in [0.15, 0.2) is 186 Å². The summed E-state index contributed by atoms with van der Waals surface area (Å²) >= 11 is 1.82. The molecular formula is C50H30N2OS. The van der Waals surface area contributed by atoms with Crippen molar-refractivity contribution in [3.8, 4) is 55.5 Å². The highest BCUT2D eigenvalue weighted by Gasteiger charge is 2.15. The van der Waals surface area contributed by atoms with Crippen molar-refractivity contribution in [1.82, 2.24) is 9.97 Å². The highest BCUT2D eigenvalue weighted by Crippen LogP contribution is 2.38. The van der Waals surface area contributed by atoms with Crippen molar-refractivity contribution >= 4 is 64.9 Å². The van der Waals surface area contributed by atoms with Crippen LogP contribution >= 0.6 is 11.3 Å². The normalized spacial score (nSPS) is 11.7. The topological polar surface area (TPSA) is 38.9 Å². The fourth-order valence-electron chi connectivity index (χ4n) is 7.62. The van der Waals surface area contributed by atoms with Gasteiger partial charge in [-0.25, -0.2) is 9.97 Å². The molecule has 4 heteroatoms. The molecule has 0 atom stereocenters. The molecule has 11 aromatic rings. The molecule has 8 aromatic carbocycles. The van der Waals surface area contributed by atoms with Gasteiger partial charge in [0.25, 0.3) is 0 Å². The molecule has 0 radical (unpaired) electrons. The average Bonchev–Trinajstić information content (AvgIpc) is 3.84. The molecule has 0 fully saturated rings. The molecule has 0 aliphatic heterocycles. The Hall–Kier alpha value is -6.88. The van der Waals surface area contributed by atoms with E-state index in [4.69, 9.17) is 14.4 Å². The van der Waals surface area contributed by atoms with Gasteiger partial charge in [-0.15, -0.1) is 11.3 Å². The van der Waals surface area contributed by atoms with Crippen molar-refractivity contribution in [1.29, 1.82) is 0 Å². The molecule has 54 heavy (non-hydrogen) atoms. The number of fused-ring (bicyclic) bond motifs is 6. The first-order valence-corrected chi connectivity index (χ1v) is 18.9. The summed E-state index contributed by atoms with van der Waals surface area (Å²) in [5.74, 6) is 0.674. The maximum atomic E-state index is 6.34. The van der Waals surface area contributed by atoms with E-state index in [1.165, 1.54) is 47.8 Å². The number of rotatable bonds is 5. The Bertz CT molecular complexity index is 3180. The lowest BCUT2D eigenvalue weighted by atomic mass is 9.98. The van der Waals surface area contributed by atoms with Crippen molar-refractivity contribution in [3.05, 3.63) is 182 Å². The first-order chi connectivity index (χ1) is 26.7. The van der Waals surface area contributed by atoms with Crippen molar-refractivity contribution in [2.75, 3.05) is 0 Å². The fourth-order valence-corrected chi connectivity index (χ4v) is 8.69. The number of aromatic nitrogens is 2. The summed E-state index contributed by atoms with van der Waals surface area (Å²) in [5, 5.41) is 8.12. The molecule has 0 saturated carbocycles. The van der Waals surface area contributed by atoms with Crippen LogP contribution in [0.3, 0.4) is 0 Å². The van der Waals surface area contributed by atoms with Gasteiger partial charge in [-0.3, -0.25) is 0 Å². The van der Waals surface area contributed by atoms with Gasteiger partial charge in [0.15, 0.2) is 5.82 Å². The van der Waals surface area contributed by atoms with E-state index in [1.807, 2.05) is 17.4 Å². The Morgan fingerprint density at radius 2 is 0.944 bits per heavy atom. The predicted molar refractivity (Wildman–Crippen MR) is 227 cm³/mol. The van der Waals surface area contributed by atoms with Gasteiger partial charge in [0, 0.05) is 37.0 Å². The van der Waals surface area contributed by atoms with Gasteiger partial charge < -0.3 is 4.42 Å². The lowest BCUT2D eigenvalue weighted by Crippen LogP contribution is -1.96. The van der Waals surface area contributed by atoms with Crippen molar-refractivity contribution in [3.63, 3.8) is 0 Å². The van der Waals surface area contributed by atoms with Gasteiger partial charge in [-0.2, -0.15) is 0 Å². The number of thiophene rings is 1. The summed E-state index contributed by atoms with van der Waals surface area (Å²) in [4.78, 5) is 11.7. The smallest absolute Gasteiger partial charge is 0.160 e. The largest absolute Gasteiger partial charge is 0.456 e. The van der Waals surface area contributed by atoms with E-state index in [2.05, 4.69) is 176 Å². The summed E-state index contributed by atoms with van der Waals surface area (Å²) < 4.78 is 7.64. The van der Waals surface area contributed by atoms with Gasteiger partial charge in [0.05, 0.1) is 11.4 Å². The van der Waals surface area contributed by atoms with Crippen molar-refractivity contribution in [2.45, 2.75) is 0 Å². The van der Waals surface area contributed by atoms with E-state index >= 15 is 0 Å². The maximum Gasteiger partial charge on any atom is 0.160 e. The Kier molecular flexibility index (Phi) is 7.04. The first kappa shape index (κ1) is 30.7. The van der Waals surface area contributed by atoms with E-state index < -0.39 is 0 Å². The average molecular weight is 707 g/mol. The highest BCUT2D eigenvalue weighted by atomic mass is 32.1. The monoisotopic (exact) mass is 706 g/mol. The quantitative estimate of drug-likeness (QED) is 0.179. The maximum absolute atomic E-state index is 6.34. The highest BCUT2D eigenvalue weighted by molar-refractivity contribution is 7.22. The molecule has 0 spiro atoms. The van der Waals surface area contributed by atoms with Crippen LogP contribution < -0.4 is 0 Å². The second kappa shape index (κ2) is 12.4. The Morgan fingerprint density at radius 3 is 1.74 bits per heavy atom. The molecule has 3 aromatic heterocycles. The number of hydrogen-bond acceptors (Lipinski definition) is 4. The summed E-state index contributed by atoms with van der Waals surface area (Å²) in [5.41, 5.74) is 10.1. The van der Waals surface area contributed by atoms with E-state index in [0.717, 1.165) is 55.4 Å². The Morgan fingerprint density at radius 1 is 0.352 bits per heavy atom. The minimum absolute atomic E-state index is 0.674. The molecule has 11 rings (SSSR count). The molecule has 252 valence electrons. The third-order valence-corrected chi connectivity index (χ3v) is 11.6. The minimum Gasteiger partial charge on any atom is -0.456 e. The van der Waals surface area contributed by atoms with Crippen LogP contribution in [0, 0.1) is 0 Å². The van der Waals surface area contributed by atoms with E-state index in [0.29, 0.717) is 5.82 Å². The third kappa shape index (κ3) is 5.35. The zero-order chi connectivity index (χ0) is 35.6. The number of nitrogens with zero attached hydrogens (tertiary/aromatic N) is 2. The molecule has 3 nitrogen and oxygen atoms in total. The summed E-state index contributed by atoms with van der Waals surface area (Å²) in [6.07, 6.45) is 0. The number of hydrogen-bond donors (Lipinski definition) is 0. The van der Waals surface area contributed by atoms with E-state index in [-0.39, 0.29) is 0 Å². The van der Waals surface area contributed by atoms with Gasteiger partial charge in [-0.05, 0) is 104 Å². The van der Waals surface area contributed by atoms with Crippen molar-refractivity contribution in [2.24, 2.45) is 0 Å². The lowest BCUT2D eigenvalue weighted by Gasteiger charge is -2.11. The van der Waals surface area contributed by atoms with Crippen LogP contribution in [0.5, 0.6) is 0 Å². The zero-order valence-electron chi connectivity index (χ0n) is 29.0. The summed E-state index contributed by atoms with van der Waals surface area (Å²) in [7, 11) is 0. The fraction of sp³-hybridized carbons (Fsp3) is 0. The SMILES string of the molecule is c1ccc(-c2ccc3cc(-c4cc(-c5ccc(-c6cc7ccccc7s6)cc5)nc(-c5ccc6oc7cc8ccccc8cc7c6c5)n4)ccc3c2)cc1. The molecule has 0 aliphatic rings. The lowest BCUT2D eigenvalue weighted by molar-refractivity contribution is 0.669. The minimum atomic E-state index is 0.674. The van der Waals surface area contributed by atoms with Crippen LogP contribution in [0.2, 0.25) is 0 Å². The van der Waals surface area contributed by atoms with Crippen LogP contribution in [0.1, 0.15) is 0 Å². The van der Waals surface area contributed by atoms with Gasteiger partial charge in [0.2, 0.25) is 0 Å². The Balaban J connectivity index is 1.04. The summed E-state index contributed by atoms with van der Waals surface area (Å²) in [6, 6.07) is 64.6. The Labute approximate surface area is 315 Å². The second-order valence-electron chi connectivity index (χ2n) is 13.8. The van der Waals surface area contributed by atoms with Gasteiger partial charge in [0.1, 0.15) is 11.2 Å². The molecule has 0 saturated heterocycles. The van der Waals surface area contributed by atoms with Crippen LogP contribution in [-0.2, 0) is 0 Å². The van der Waals surface area contributed by atoms with E-state index in [9.17, 15) is 0 Å². The molecule has 0 unspecified atom stereocenters. The zero-order valence-corrected chi connectivity index (χ0v) is 29.8. The van der Waals surface area contributed by atoms with E-state index in [1.54, 1.807) is 0 Å². The number of furan rings is 1. The molecule has 0 bridgehead atoms. The molecule has 0 amide bonds. The second-order valence-corrected chi connectivity index (χ2v) is 14.9. The third-order valence-electron chi connectivity index (χ3n) is 10.5. The molecule has 0 N–H and O–H groups in total. The van der Waals surface area contributed by atoms with Gasteiger partial charge >= 0.3 is 0 Å². The predicted octanol–water partition coefficient (Wildman–Crippen LogP) is 14.2. The summed E-state index contributed by atoms with van der Waals surface area (Å²) in [6.45, 7) is 0. The molecular weight excluding hydrogens is 677 g/mol. The first-order valence-electron chi connectivity index (χ1n) is 18.1. The number of benzene rings is 8. The van der Waals surface area contributed by atoms with Crippen LogP contribution in [-0.4, -0.2) is 9.97 Å². The molecule has 3 heterocycles. The standard InChI is InChI=1S/C50H30N2OS/c1-2-8-31(9-3-1)36-18-19-38-25-39(21-20-37(38)24-36)45-30-44(32-14-16-33(17-15-32)49-29-40-12-6-7-13-48(40)54-49)51-50(52-45)41-22-23-46-42(27-41)43-26-34-10-4-5-11-35(34)28-47(43)53-46/h1-30H. The van der Waals surface area contributed by atoms with Crippen LogP contribution in [0.4, 0.5) is 0 Å². The van der Waals surface area contributed by atoms with Crippen LogP contribution in [0.25, 0.3) is 109 Å². The van der Waals surface area contributed by atoms with Gasteiger partial charge in [-0.1, -0.05) is 121 Å².